The average molecular weight is 317 g/mol. The van der Waals surface area contributed by atoms with Gasteiger partial charge >= 0.3 is 0 Å². The predicted molar refractivity (Wildman–Crippen MR) is 93.3 cm³/mol. The summed E-state index contributed by atoms with van der Waals surface area (Å²) in [5.41, 5.74) is 4.62. The molecule has 2 aliphatic heterocycles. The lowest BCUT2D eigenvalue weighted by molar-refractivity contribution is -0.121. The van der Waals surface area contributed by atoms with E-state index in [4.69, 9.17) is 0 Å². The monoisotopic (exact) mass is 317 g/mol. The number of hydrogen-bond donors (Lipinski definition) is 0. The molecule has 2 aromatic rings. The zero-order valence-electron chi connectivity index (χ0n) is 13.5. The Morgan fingerprint density at radius 3 is 2.71 bits per heavy atom. The Morgan fingerprint density at radius 1 is 1.08 bits per heavy atom. The van der Waals surface area contributed by atoms with Gasteiger partial charge in [0.1, 0.15) is 6.04 Å². The fraction of sp³-hybridized carbons (Fsp3) is 0.300. The minimum absolute atomic E-state index is 0.0676. The molecule has 4 rings (SSSR count). The van der Waals surface area contributed by atoms with Crippen LogP contribution in [0.3, 0.4) is 0 Å². The molecule has 2 heterocycles. The second kappa shape index (κ2) is 6.01. The Hall–Kier alpha value is -2.80. The highest BCUT2D eigenvalue weighted by molar-refractivity contribution is 6.00. The molecule has 2 aliphatic rings. The molecule has 0 aliphatic carbocycles. The first kappa shape index (κ1) is 14.8. The Morgan fingerprint density at radius 2 is 1.92 bits per heavy atom. The minimum atomic E-state index is -0.290. The average Bonchev–Trinajstić information content (AvgIpc) is 3.28. The molecule has 1 amide bonds. The molecule has 4 nitrogen and oxygen atoms in total. The largest absolute Gasteiger partial charge is 0.310 e. The number of amides is 1. The Bertz CT molecular complexity index is 809. The van der Waals surface area contributed by atoms with Crippen LogP contribution in [0.5, 0.6) is 0 Å². The van der Waals surface area contributed by atoms with Crippen molar-refractivity contribution < 1.29 is 4.79 Å². The summed E-state index contributed by atoms with van der Waals surface area (Å²) in [6.45, 7) is 1.39. The van der Waals surface area contributed by atoms with Gasteiger partial charge in [-0.05, 0) is 42.0 Å². The number of likely N-dealkylation sites (tertiary alicyclic amines) is 1. The van der Waals surface area contributed by atoms with Crippen molar-refractivity contribution in [2.75, 3.05) is 18.0 Å². The highest BCUT2D eigenvalue weighted by atomic mass is 16.2. The summed E-state index contributed by atoms with van der Waals surface area (Å²) in [4.78, 5) is 16.5. The van der Waals surface area contributed by atoms with Gasteiger partial charge in [0, 0.05) is 18.8 Å². The van der Waals surface area contributed by atoms with E-state index in [1.165, 1.54) is 16.7 Å². The zero-order chi connectivity index (χ0) is 16.5. The van der Waals surface area contributed by atoms with Crippen molar-refractivity contribution in [1.29, 1.82) is 5.26 Å². The predicted octanol–water partition coefficient (Wildman–Crippen LogP) is 3.19. The molecule has 24 heavy (non-hydrogen) atoms. The van der Waals surface area contributed by atoms with Gasteiger partial charge in [0.05, 0.1) is 0 Å². The van der Waals surface area contributed by atoms with Crippen molar-refractivity contribution in [3.63, 3.8) is 0 Å². The summed E-state index contributed by atoms with van der Waals surface area (Å²) in [7, 11) is 0. The molecule has 1 saturated heterocycles. The van der Waals surface area contributed by atoms with E-state index in [1.54, 1.807) is 4.90 Å². The third-order valence-corrected chi connectivity index (χ3v) is 5.04. The van der Waals surface area contributed by atoms with Crippen molar-refractivity contribution in [3.05, 3.63) is 54.1 Å². The SMILES string of the molecule is N#CN1CCC[C@H]1C(=O)N1CCc2c(-c3ccccc3)cccc21. The van der Waals surface area contributed by atoms with E-state index in [1.807, 2.05) is 35.2 Å². The lowest BCUT2D eigenvalue weighted by Gasteiger charge is -2.25. The lowest BCUT2D eigenvalue weighted by atomic mass is 9.98. The maximum atomic E-state index is 13.0. The van der Waals surface area contributed by atoms with Crippen LogP contribution in [0.25, 0.3) is 11.1 Å². The first-order valence-electron chi connectivity index (χ1n) is 8.44. The second-order valence-electron chi connectivity index (χ2n) is 6.36. The van der Waals surface area contributed by atoms with Gasteiger partial charge in [-0.25, -0.2) is 0 Å². The molecule has 0 radical (unpaired) electrons. The highest BCUT2D eigenvalue weighted by Crippen LogP contribution is 2.37. The van der Waals surface area contributed by atoms with E-state index in [2.05, 4.69) is 24.4 Å². The van der Waals surface area contributed by atoms with Crippen LogP contribution in [0.4, 0.5) is 5.69 Å². The summed E-state index contributed by atoms with van der Waals surface area (Å²) < 4.78 is 0. The first-order valence-corrected chi connectivity index (χ1v) is 8.44. The van der Waals surface area contributed by atoms with Crippen LogP contribution in [-0.2, 0) is 11.2 Å². The number of nitrogens with zero attached hydrogens (tertiary/aromatic N) is 3. The quantitative estimate of drug-likeness (QED) is 0.799. The molecular formula is C20H19N3O. The number of nitriles is 1. The zero-order valence-corrected chi connectivity index (χ0v) is 13.5. The minimum Gasteiger partial charge on any atom is -0.310 e. The summed E-state index contributed by atoms with van der Waals surface area (Å²) in [5.74, 6) is 0.0676. The van der Waals surface area contributed by atoms with Crippen LogP contribution in [0.2, 0.25) is 0 Å². The third-order valence-electron chi connectivity index (χ3n) is 5.04. The van der Waals surface area contributed by atoms with Gasteiger partial charge < -0.3 is 4.90 Å². The molecule has 0 spiro atoms. The molecule has 0 bridgehead atoms. The Kier molecular flexibility index (Phi) is 3.70. The van der Waals surface area contributed by atoms with Crippen LogP contribution in [-0.4, -0.2) is 29.9 Å². The van der Waals surface area contributed by atoms with E-state index in [9.17, 15) is 10.1 Å². The molecule has 0 aromatic heterocycles. The number of anilines is 1. The van der Waals surface area contributed by atoms with E-state index in [-0.39, 0.29) is 11.9 Å². The molecule has 120 valence electrons. The lowest BCUT2D eigenvalue weighted by Crippen LogP contribution is -2.43. The molecule has 0 N–H and O–H groups in total. The summed E-state index contributed by atoms with van der Waals surface area (Å²) in [6.07, 6.45) is 4.72. The van der Waals surface area contributed by atoms with Gasteiger partial charge in [-0.2, -0.15) is 5.26 Å². The van der Waals surface area contributed by atoms with Crippen LogP contribution < -0.4 is 4.90 Å². The van der Waals surface area contributed by atoms with Crippen molar-refractivity contribution >= 4 is 11.6 Å². The van der Waals surface area contributed by atoms with E-state index in [0.717, 1.165) is 24.9 Å². The fourth-order valence-corrected chi connectivity index (χ4v) is 3.87. The van der Waals surface area contributed by atoms with Gasteiger partial charge in [0.2, 0.25) is 5.91 Å². The van der Waals surface area contributed by atoms with Gasteiger partial charge in [-0.1, -0.05) is 42.5 Å². The summed E-state index contributed by atoms with van der Waals surface area (Å²) >= 11 is 0. The standard InChI is InChI=1S/C20H19N3O/c21-14-22-12-5-10-19(22)20(24)23-13-11-17-16(8-4-9-18(17)23)15-6-2-1-3-7-15/h1-4,6-9,19H,5,10-13H2/t19-/m0/s1. The maximum absolute atomic E-state index is 13.0. The van der Waals surface area contributed by atoms with Crippen LogP contribution >= 0.6 is 0 Å². The highest BCUT2D eigenvalue weighted by Gasteiger charge is 2.36. The maximum Gasteiger partial charge on any atom is 0.250 e. The summed E-state index contributed by atoms with van der Waals surface area (Å²) in [5, 5.41) is 9.22. The van der Waals surface area contributed by atoms with Gasteiger partial charge in [-0.15, -0.1) is 0 Å². The molecule has 2 aromatic carbocycles. The van der Waals surface area contributed by atoms with E-state index >= 15 is 0 Å². The normalized spacial score (nSPS) is 19.2. The third kappa shape index (κ3) is 2.33. The molecule has 4 heteroatoms. The number of rotatable bonds is 2. The van der Waals surface area contributed by atoms with Crippen molar-refractivity contribution in [2.24, 2.45) is 0 Å². The topological polar surface area (TPSA) is 47.3 Å². The number of carbonyl (C=O) groups is 1. The second-order valence-corrected chi connectivity index (χ2v) is 6.36. The van der Waals surface area contributed by atoms with E-state index < -0.39 is 0 Å². The first-order chi connectivity index (χ1) is 11.8. The Balaban J connectivity index is 1.68. The number of fused-ring (bicyclic) bond motifs is 1. The summed E-state index contributed by atoms with van der Waals surface area (Å²) in [6, 6.07) is 16.2. The van der Waals surface area contributed by atoms with Crippen LogP contribution in [0.1, 0.15) is 18.4 Å². The van der Waals surface area contributed by atoms with Crippen molar-refractivity contribution in [2.45, 2.75) is 25.3 Å². The number of carbonyl (C=O) groups excluding carboxylic acids is 1. The fourth-order valence-electron chi connectivity index (χ4n) is 3.87. The molecule has 1 fully saturated rings. The van der Waals surface area contributed by atoms with Crippen molar-refractivity contribution in [1.82, 2.24) is 4.90 Å². The van der Waals surface area contributed by atoms with Gasteiger partial charge in [-0.3, -0.25) is 9.69 Å². The van der Waals surface area contributed by atoms with Crippen molar-refractivity contribution in [3.8, 4) is 17.3 Å². The van der Waals surface area contributed by atoms with Gasteiger partial charge in [0.25, 0.3) is 0 Å². The van der Waals surface area contributed by atoms with Gasteiger partial charge in [0.15, 0.2) is 6.19 Å². The Labute approximate surface area is 141 Å². The van der Waals surface area contributed by atoms with E-state index in [0.29, 0.717) is 13.1 Å². The molecule has 0 saturated carbocycles. The van der Waals surface area contributed by atoms with Crippen LogP contribution in [0, 0.1) is 11.5 Å². The molecule has 1 atom stereocenters. The molecular weight excluding hydrogens is 298 g/mol. The van der Waals surface area contributed by atoms with Crippen LogP contribution in [0.15, 0.2) is 48.5 Å². The number of hydrogen-bond acceptors (Lipinski definition) is 3. The smallest absolute Gasteiger partial charge is 0.250 e. The number of benzene rings is 2. The molecule has 0 unspecified atom stereocenters.